The van der Waals surface area contributed by atoms with Crippen LogP contribution in [0, 0.1) is 5.82 Å². The first-order chi connectivity index (χ1) is 9.06. The zero-order valence-electron chi connectivity index (χ0n) is 9.78. The fourth-order valence-electron chi connectivity index (χ4n) is 1.46. The van der Waals surface area contributed by atoms with Crippen molar-refractivity contribution in [2.45, 2.75) is 0 Å². The quantitative estimate of drug-likeness (QED) is 0.734. The van der Waals surface area contributed by atoms with Gasteiger partial charge in [-0.2, -0.15) is 0 Å². The monoisotopic (exact) mass is 279 g/mol. The van der Waals surface area contributed by atoms with Crippen molar-refractivity contribution < 1.29 is 9.18 Å². The second kappa shape index (κ2) is 5.58. The molecule has 2 rings (SSSR count). The molecule has 0 aliphatic rings. The maximum atomic E-state index is 13.5. The number of nitrogen functional groups attached to an aromatic ring is 1. The van der Waals surface area contributed by atoms with Gasteiger partial charge in [-0.25, -0.2) is 9.18 Å². The molecule has 0 atom stereocenters. The Bertz CT molecular complexity index is 581. The molecule has 2 aromatic carbocycles. The van der Waals surface area contributed by atoms with Gasteiger partial charge >= 0.3 is 6.03 Å². The van der Waals surface area contributed by atoms with Gasteiger partial charge in [0.05, 0.1) is 10.7 Å². The number of amides is 2. The van der Waals surface area contributed by atoms with Gasteiger partial charge in [0, 0.05) is 11.4 Å². The molecule has 0 aliphatic carbocycles. The number of urea groups is 1. The molecule has 2 aromatic rings. The Morgan fingerprint density at radius 2 is 1.79 bits per heavy atom. The van der Waals surface area contributed by atoms with E-state index in [1.54, 1.807) is 24.3 Å². The van der Waals surface area contributed by atoms with Crippen LogP contribution < -0.4 is 16.4 Å². The molecule has 0 saturated carbocycles. The van der Waals surface area contributed by atoms with Crippen molar-refractivity contribution in [3.05, 3.63) is 53.3 Å². The Hall–Kier alpha value is -2.27. The normalized spacial score (nSPS) is 10.0. The molecule has 0 radical (unpaired) electrons. The van der Waals surface area contributed by atoms with Crippen LogP contribution in [0.1, 0.15) is 0 Å². The summed E-state index contributed by atoms with van der Waals surface area (Å²) in [6.45, 7) is 0. The number of rotatable bonds is 2. The summed E-state index contributed by atoms with van der Waals surface area (Å²) in [6, 6.07) is 10.1. The summed E-state index contributed by atoms with van der Waals surface area (Å²) in [4.78, 5) is 11.7. The zero-order valence-corrected chi connectivity index (χ0v) is 10.5. The molecule has 6 heteroatoms. The van der Waals surface area contributed by atoms with E-state index in [4.69, 9.17) is 17.3 Å². The lowest BCUT2D eigenvalue weighted by atomic mass is 10.3. The van der Waals surface area contributed by atoms with Crippen LogP contribution >= 0.6 is 11.6 Å². The van der Waals surface area contributed by atoms with Crippen LogP contribution in [0.25, 0.3) is 0 Å². The van der Waals surface area contributed by atoms with Crippen LogP contribution in [-0.2, 0) is 0 Å². The molecule has 0 aliphatic heterocycles. The SMILES string of the molecule is Nc1ccc(NC(=O)Nc2c(F)cccc2Cl)cc1. The van der Waals surface area contributed by atoms with Crippen molar-refractivity contribution in [1.82, 2.24) is 0 Å². The Kier molecular flexibility index (Phi) is 3.87. The van der Waals surface area contributed by atoms with Gasteiger partial charge < -0.3 is 16.4 Å². The Morgan fingerprint density at radius 3 is 2.42 bits per heavy atom. The number of hydrogen-bond donors (Lipinski definition) is 3. The molecular formula is C13H11ClFN3O. The first-order valence-corrected chi connectivity index (χ1v) is 5.81. The average molecular weight is 280 g/mol. The predicted molar refractivity (Wildman–Crippen MR) is 74.9 cm³/mol. The van der Waals surface area contributed by atoms with Gasteiger partial charge in [-0.3, -0.25) is 0 Å². The van der Waals surface area contributed by atoms with Crippen molar-refractivity contribution in [1.29, 1.82) is 0 Å². The Labute approximate surface area is 114 Å². The first-order valence-electron chi connectivity index (χ1n) is 5.44. The summed E-state index contributed by atoms with van der Waals surface area (Å²) in [5.74, 6) is -0.597. The van der Waals surface area contributed by atoms with Crippen LogP contribution in [0.15, 0.2) is 42.5 Å². The smallest absolute Gasteiger partial charge is 0.323 e. The number of halogens is 2. The van der Waals surface area contributed by atoms with E-state index in [2.05, 4.69) is 10.6 Å². The van der Waals surface area contributed by atoms with Crippen molar-refractivity contribution >= 4 is 34.7 Å². The third-order valence-electron chi connectivity index (χ3n) is 2.37. The van der Waals surface area contributed by atoms with E-state index in [0.29, 0.717) is 11.4 Å². The Morgan fingerprint density at radius 1 is 1.11 bits per heavy atom. The topological polar surface area (TPSA) is 67.1 Å². The molecule has 19 heavy (non-hydrogen) atoms. The molecule has 2 amide bonds. The maximum absolute atomic E-state index is 13.5. The minimum absolute atomic E-state index is 0.0582. The lowest BCUT2D eigenvalue weighted by Crippen LogP contribution is -2.20. The fourth-order valence-corrected chi connectivity index (χ4v) is 1.67. The van der Waals surface area contributed by atoms with Crippen molar-refractivity contribution in [3.8, 4) is 0 Å². The second-order valence-corrected chi connectivity index (χ2v) is 4.20. The molecule has 0 fully saturated rings. The Balaban J connectivity index is 2.07. The lowest BCUT2D eigenvalue weighted by molar-refractivity contribution is 0.262. The standard InChI is InChI=1S/C13H11ClFN3O/c14-10-2-1-3-11(15)12(10)18-13(19)17-9-6-4-8(16)5-7-9/h1-7H,16H2,(H2,17,18,19). The summed E-state index contributed by atoms with van der Waals surface area (Å²) < 4.78 is 13.5. The number of carbonyl (C=O) groups excluding carboxylic acids is 1. The van der Waals surface area contributed by atoms with E-state index in [0.717, 1.165) is 0 Å². The van der Waals surface area contributed by atoms with E-state index in [-0.39, 0.29) is 10.7 Å². The minimum Gasteiger partial charge on any atom is -0.399 e. The first kappa shape index (κ1) is 13.2. The van der Waals surface area contributed by atoms with Crippen LogP contribution in [0.4, 0.5) is 26.2 Å². The largest absolute Gasteiger partial charge is 0.399 e. The van der Waals surface area contributed by atoms with Crippen molar-refractivity contribution in [2.24, 2.45) is 0 Å². The summed E-state index contributed by atoms with van der Waals surface area (Å²) in [6.07, 6.45) is 0. The van der Waals surface area contributed by atoms with E-state index in [1.807, 2.05) is 0 Å². The molecule has 0 saturated heterocycles. The second-order valence-electron chi connectivity index (χ2n) is 3.80. The highest BCUT2D eigenvalue weighted by Gasteiger charge is 2.10. The number of para-hydroxylation sites is 1. The summed E-state index contributed by atoms with van der Waals surface area (Å²) in [5, 5.41) is 5.03. The van der Waals surface area contributed by atoms with Crippen LogP contribution in [0.3, 0.4) is 0 Å². The van der Waals surface area contributed by atoms with Crippen LogP contribution in [-0.4, -0.2) is 6.03 Å². The van der Waals surface area contributed by atoms with Gasteiger partial charge in [0.25, 0.3) is 0 Å². The highest BCUT2D eigenvalue weighted by atomic mass is 35.5. The summed E-state index contributed by atoms with van der Waals surface area (Å²) in [7, 11) is 0. The number of nitrogens with two attached hydrogens (primary N) is 1. The van der Waals surface area contributed by atoms with E-state index in [1.165, 1.54) is 18.2 Å². The molecule has 98 valence electrons. The predicted octanol–water partition coefficient (Wildman–Crippen LogP) is 3.71. The number of anilines is 3. The highest BCUT2D eigenvalue weighted by Crippen LogP contribution is 2.24. The van der Waals surface area contributed by atoms with Gasteiger partial charge in [-0.1, -0.05) is 17.7 Å². The number of carbonyl (C=O) groups is 1. The summed E-state index contributed by atoms with van der Waals surface area (Å²) >= 11 is 5.80. The maximum Gasteiger partial charge on any atom is 0.323 e. The van der Waals surface area contributed by atoms with E-state index < -0.39 is 11.8 Å². The van der Waals surface area contributed by atoms with Gasteiger partial charge in [0.1, 0.15) is 5.82 Å². The summed E-state index contributed by atoms with van der Waals surface area (Å²) in [5.41, 5.74) is 6.59. The fraction of sp³-hybridized carbons (Fsp3) is 0. The van der Waals surface area contributed by atoms with E-state index in [9.17, 15) is 9.18 Å². The molecule has 4 N–H and O–H groups in total. The molecule has 0 spiro atoms. The van der Waals surface area contributed by atoms with Crippen molar-refractivity contribution in [3.63, 3.8) is 0 Å². The van der Waals surface area contributed by atoms with Gasteiger partial charge in [0.15, 0.2) is 0 Å². The third-order valence-corrected chi connectivity index (χ3v) is 2.68. The third kappa shape index (κ3) is 3.35. The van der Waals surface area contributed by atoms with Gasteiger partial charge in [0.2, 0.25) is 0 Å². The molecule has 0 unspecified atom stereocenters. The highest BCUT2D eigenvalue weighted by molar-refractivity contribution is 6.33. The average Bonchev–Trinajstić information content (AvgIpc) is 2.37. The van der Waals surface area contributed by atoms with Gasteiger partial charge in [-0.15, -0.1) is 0 Å². The zero-order chi connectivity index (χ0) is 13.8. The van der Waals surface area contributed by atoms with Crippen LogP contribution in [0.2, 0.25) is 5.02 Å². The van der Waals surface area contributed by atoms with Gasteiger partial charge in [-0.05, 0) is 36.4 Å². The lowest BCUT2D eigenvalue weighted by Gasteiger charge is -2.09. The minimum atomic E-state index is -0.597. The molecular weight excluding hydrogens is 269 g/mol. The molecule has 0 bridgehead atoms. The van der Waals surface area contributed by atoms with Crippen molar-refractivity contribution in [2.75, 3.05) is 16.4 Å². The molecule has 0 heterocycles. The molecule has 0 aromatic heterocycles. The van der Waals surface area contributed by atoms with Crippen LogP contribution in [0.5, 0.6) is 0 Å². The number of hydrogen-bond acceptors (Lipinski definition) is 2. The number of benzene rings is 2. The van der Waals surface area contributed by atoms with E-state index >= 15 is 0 Å². The number of nitrogens with one attached hydrogen (secondary N) is 2. The molecule has 4 nitrogen and oxygen atoms in total.